The Morgan fingerprint density at radius 2 is 1.76 bits per heavy atom. The van der Waals surface area contributed by atoms with Crippen LogP contribution in [-0.2, 0) is 11.3 Å². The molecular weight excluding hydrogens is 314 g/mol. The average Bonchev–Trinajstić information content (AvgIpc) is 3.36. The molecule has 1 aromatic rings. The van der Waals surface area contributed by atoms with Crippen molar-refractivity contribution in [2.24, 2.45) is 23.5 Å². The molecule has 1 heterocycles. The predicted molar refractivity (Wildman–Crippen MR) is 95.6 cm³/mol. The van der Waals surface area contributed by atoms with E-state index in [0.29, 0.717) is 18.4 Å². The number of benzene rings is 1. The van der Waals surface area contributed by atoms with E-state index in [1.165, 1.54) is 0 Å². The lowest BCUT2D eigenvalue weighted by Crippen LogP contribution is -2.43. The summed E-state index contributed by atoms with van der Waals surface area (Å²) < 4.78 is 0. The smallest absolute Gasteiger partial charge is 0.253 e. The number of allylic oxidation sites excluding steroid dienone is 1. The predicted octanol–water partition coefficient (Wildman–Crippen LogP) is 1.69. The van der Waals surface area contributed by atoms with Gasteiger partial charge in [0, 0.05) is 31.2 Å². The number of rotatable bonds is 4. The SMILES string of the molecule is NC1C2C=CC(C2)C1C(=O)NCc1ccc(C(=O)N2CCCC2)cc1. The van der Waals surface area contributed by atoms with Gasteiger partial charge in [-0.25, -0.2) is 0 Å². The molecule has 4 atom stereocenters. The molecule has 2 fully saturated rings. The number of nitrogens with zero attached hydrogens (tertiary/aromatic N) is 1. The molecule has 2 bridgehead atoms. The van der Waals surface area contributed by atoms with E-state index in [1.807, 2.05) is 29.2 Å². The number of nitrogens with one attached hydrogen (secondary N) is 1. The van der Waals surface area contributed by atoms with Gasteiger partial charge in [0.15, 0.2) is 0 Å². The molecule has 4 rings (SSSR count). The Kier molecular flexibility index (Phi) is 4.34. The highest BCUT2D eigenvalue weighted by Gasteiger charge is 2.46. The van der Waals surface area contributed by atoms with Gasteiger partial charge in [-0.15, -0.1) is 0 Å². The molecule has 2 aliphatic carbocycles. The maximum atomic E-state index is 12.5. The maximum absolute atomic E-state index is 12.5. The molecule has 0 aromatic heterocycles. The molecule has 3 N–H and O–H groups in total. The molecule has 2 amide bonds. The molecule has 3 aliphatic rings. The van der Waals surface area contributed by atoms with Crippen LogP contribution in [0.4, 0.5) is 0 Å². The van der Waals surface area contributed by atoms with Gasteiger partial charge >= 0.3 is 0 Å². The van der Waals surface area contributed by atoms with Gasteiger partial charge in [-0.1, -0.05) is 24.3 Å². The number of fused-ring (bicyclic) bond motifs is 2. The van der Waals surface area contributed by atoms with Crippen LogP contribution < -0.4 is 11.1 Å². The first-order valence-corrected chi connectivity index (χ1v) is 9.23. The Hall–Kier alpha value is -2.14. The summed E-state index contributed by atoms with van der Waals surface area (Å²) in [7, 11) is 0. The second-order valence-corrected chi connectivity index (χ2v) is 7.47. The minimum Gasteiger partial charge on any atom is -0.352 e. The number of hydrogen-bond donors (Lipinski definition) is 2. The number of nitrogens with two attached hydrogens (primary N) is 1. The Labute approximate surface area is 148 Å². The molecule has 5 heteroatoms. The van der Waals surface area contributed by atoms with E-state index in [-0.39, 0.29) is 23.8 Å². The van der Waals surface area contributed by atoms with Crippen LogP contribution in [0.2, 0.25) is 0 Å². The number of likely N-dealkylation sites (tertiary alicyclic amines) is 1. The molecule has 0 spiro atoms. The minimum absolute atomic E-state index is 0.0431. The summed E-state index contributed by atoms with van der Waals surface area (Å²) in [5.74, 6) is 0.692. The zero-order valence-corrected chi connectivity index (χ0v) is 14.4. The second kappa shape index (κ2) is 6.64. The summed E-state index contributed by atoms with van der Waals surface area (Å²) in [5.41, 5.74) is 7.91. The number of hydrogen-bond acceptors (Lipinski definition) is 3. The molecule has 132 valence electrons. The van der Waals surface area contributed by atoms with Crippen LogP contribution in [0.15, 0.2) is 36.4 Å². The van der Waals surface area contributed by atoms with E-state index in [4.69, 9.17) is 5.73 Å². The quantitative estimate of drug-likeness (QED) is 0.820. The van der Waals surface area contributed by atoms with Crippen LogP contribution in [0, 0.1) is 17.8 Å². The molecule has 5 nitrogen and oxygen atoms in total. The van der Waals surface area contributed by atoms with Crippen LogP contribution in [0.1, 0.15) is 35.2 Å². The zero-order valence-electron chi connectivity index (χ0n) is 14.4. The third kappa shape index (κ3) is 3.09. The Balaban J connectivity index is 1.33. The normalized spacial score (nSPS) is 30.0. The van der Waals surface area contributed by atoms with Gasteiger partial charge in [0.2, 0.25) is 5.91 Å². The molecular formula is C20H25N3O2. The van der Waals surface area contributed by atoms with E-state index in [1.54, 1.807) is 0 Å². The number of amides is 2. The van der Waals surface area contributed by atoms with Crippen LogP contribution in [0.3, 0.4) is 0 Å². The number of carbonyl (C=O) groups is 2. The third-order valence-electron chi connectivity index (χ3n) is 5.88. The summed E-state index contributed by atoms with van der Waals surface area (Å²) in [5, 5.41) is 3.01. The Morgan fingerprint density at radius 3 is 2.40 bits per heavy atom. The van der Waals surface area contributed by atoms with Crippen molar-refractivity contribution in [3.8, 4) is 0 Å². The van der Waals surface area contributed by atoms with E-state index in [9.17, 15) is 9.59 Å². The molecule has 1 saturated heterocycles. The lowest BCUT2D eigenvalue weighted by atomic mass is 9.88. The highest BCUT2D eigenvalue weighted by molar-refractivity contribution is 5.94. The molecule has 1 saturated carbocycles. The average molecular weight is 339 g/mol. The van der Waals surface area contributed by atoms with Gasteiger partial charge in [0.1, 0.15) is 0 Å². The first-order valence-electron chi connectivity index (χ1n) is 9.23. The standard InChI is InChI=1S/C20H25N3O2/c21-18-16-8-7-15(11-16)17(18)19(24)22-12-13-3-5-14(6-4-13)20(25)23-9-1-2-10-23/h3-8,15-18H,1-2,9-12,21H2,(H,22,24). The van der Waals surface area contributed by atoms with Gasteiger partial charge in [0.05, 0.1) is 5.92 Å². The topological polar surface area (TPSA) is 75.4 Å². The van der Waals surface area contributed by atoms with E-state index in [2.05, 4.69) is 17.5 Å². The molecule has 1 aliphatic heterocycles. The van der Waals surface area contributed by atoms with Crippen LogP contribution >= 0.6 is 0 Å². The largest absolute Gasteiger partial charge is 0.352 e. The summed E-state index contributed by atoms with van der Waals surface area (Å²) in [4.78, 5) is 26.7. The van der Waals surface area contributed by atoms with Crippen molar-refractivity contribution in [2.75, 3.05) is 13.1 Å². The van der Waals surface area contributed by atoms with E-state index < -0.39 is 0 Å². The fourth-order valence-corrected chi connectivity index (χ4v) is 4.40. The highest BCUT2D eigenvalue weighted by Crippen LogP contribution is 2.42. The van der Waals surface area contributed by atoms with Gasteiger partial charge in [-0.05, 0) is 48.8 Å². The zero-order chi connectivity index (χ0) is 17.4. The van der Waals surface area contributed by atoms with Crippen molar-refractivity contribution in [1.29, 1.82) is 0 Å². The Bertz CT molecular complexity index is 691. The van der Waals surface area contributed by atoms with Crippen molar-refractivity contribution in [3.05, 3.63) is 47.5 Å². The monoisotopic (exact) mass is 339 g/mol. The third-order valence-corrected chi connectivity index (χ3v) is 5.88. The molecule has 1 aromatic carbocycles. The van der Waals surface area contributed by atoms with Crippen LogP contribution in [-0.4, -0.2) is 35.8 Å². The summed E-state index contributed by atoms with van der Waals surface area (Å²) in [6, 6.07) is 7.49. The van der Waals surface area contributed by atoms with Crippen molar-refractivity contribution in [3.63, 3.8) is 0 Å². The van der Waals surface area contributed by atoms with E-state index >= 15 is 0 Å². The van der Waals surface area contributed by atoms with Gasteiger partial charge in [0.25, 0.3) is 5.91 Å². The Morgan fingerprint density at radius 1 is 1.08 bits per heavy atom. The summed E-state index contributed by atoms with van der Waals surface area (Å²) in [6.45, 7) is 2.19. The van der Waals surface area contributed by atoms with Gasteiger partial charge in [-0.2, -0.15) is 0 Å². The van der Waals surface area contributed by atoms with Gasteiger partial charge < -0.3 is 16.0 Å². The van der Waals surface area contributed by atoms with Crippen molar-refractivity contribution >= 4 is 11.8 Å². The summed E-state index contributed by atoms with van der Waals surface area (Å²) in [6.07, 6.45) is 7.48. The van der Waals surface area contributed by atoms with Crippen molar-refractivity contribution < 1.29 is 9.59 Å². The van der Waals surface area contributed by atoms with Crippen LogP contribution in [0.25, 0.3) is 0 Å². The number of carbonyl (C=O) groups excluding carboxylic acids is 2. The minimum atomic E-state index is -0.106. The fraction of sp³-hybridized carbons (Fsp3) is 0.500. The first kappa shape index (κ1) is 16.3. The molecule has 4 unspecified atom stereocenters. The van der Waals surface area contributed by atoms with Crippen LogP contribution in [0.5, 0.6) is 0 Å². The molecule has 0 radical (unpaired) electrons. The van der Waals surface area contributed by atoms with Crippen molar-refractivity contribution in [2.45, 2.75) is 31.8 Å². The van der Waals surface area contributed by atoms with E-state index in [0.717, 1.165) is 43.5 Å². The molecule has 25 heavy (non-hydrogen) atoms. The summed E-state index contributed by atoms with van der Waals surface area (Å²) >= 11 is 0. The fourth-order valence-electron chi connectivity index (χ4n) is 4.40. The van der Waals surface area contributed by atoms with Crippen molar-refractivity contribution in [1.82, 2.24) is 10.2 Å². The lowest BCUT2D eigenvalue weighted by Gasteiger charge is -2.23. The highest BCUT2D eigenvalue weighted by atomic mass is 16.2. The first-order chi connectivity index (χ1) is 12.1. The second-order valence-electron chi connectivity index (χ2n) is 7.47. The lowest BCUT2D eigenvalue weighted by molar-refractivity contribution is -0.126. The van der Waals surface area contributed by atoms with Gasteiger partial charge in [-0.3, -0.25) is 9.59 Å². The maximum Gasteiger partial charge on any atom is 0.253 e.